The van der Waals surface area contributed by atoms with E-state index in [0.717, 1.165) is 28.8 Å². The fourth-order valence-electron chi connectivity index (χ4n) is 2.85. The van der Waals surface area contributed by atoms with Gasteiger partial charge in [0.05, 0.1) is 18.1 Å². The molecule has 1 heterocycles. The van der Waals surface area contributed by atoms with E-state index in [-0.39, 0.29) is 5.78 Å². The van der Waals surface area contributed by atoms with Gasteiger partial charge in [0.25, 0.3) is 0 Å². The number of methoxy groups -OCH3 is 1. The van der Waals surface area contributed by atoms with Gasteiger partial charge in [-0.3, -0.25) is 9.69 Å². The number of hydrogen-bond acceptors (Lipinski definition) is 3. The molecule has 0 spiro atoms. The average Bonchev–Trinajstić information content (AvgIpc) is 2.47. The first-order chi connectivity index (χ1) is 9.65. The normalized spacial score (nSPS) is 19.9. The average molecular weight is 340 g/mol. The molecule has 0 radical (unpaired) electrons. The van der Waals surface area contributed by atoms with Crippen molar-refractivity contribution in [2.75, 3.05) is 20.2 Å². The van der Waals surface area contributed by atoms with Crippen LogP contribution in [-0.2, 0) is 0 Å². The number of benzene rings is 1. The molecule has 2 rings (SSSR count). The van der Waals surface area contributed by atoms with Crippen molar-refractivity contribution in [3.05, 3.63) is 28.2 Å². The van der Waals surface area contributed by atoms with Crippen LogP contribution in [0.1, 0.15) is 43.0 Å². The first kappa shape index (κ1) is 15.5. The Morgan fingerprint density at radius 3 is 2.90 bits per heavy atom. The molecule has 0 bridgehead atoms. The zero-order chi connectivity index (χ0) is 14.5. The molecular weight excluding hydrogens is 318 g/mol. The van der Waals surface area contributed by atoms with Crippen LogP contribution in [0, 0.1) is 0 Å². The summed E-state index contributed by atoms with van der Waals surface area (Å²) < 4.78 is 6.03. The number of hydrogen-bond donors (Lipinski definition) is 0. The molecule has 110 valence electrons. The lowest BCUT2D eigenvalue weighted by atomic mass is 9.99. The van der Waals surface area contributed by atoms with Crippen molar-refractivity contribution < 1.29 is 9.53 Å². The summed E-state index contributed by atoms with van der Waals surface area (Å²) >= 11 is 3.44. The van der Waals surface area contributed by atoms with Gasteiger partial charge in [0.2, 0.25) is 0 Å². The van der Waals surface area contributed by atoms with Crippen LogP contribution in [-0.4, -0.2) is 36.9 Å². The van der Waals surface area contributed by atoms with Crippen molar-refractivity contribution in [1.82, 2.24) is 4.90 Å². The van der Waals surface area contributed by atoms with E-state index in [1.165, 1.54) is 19.3 Å². The molecule has 1 aromatic carbocycles. The Bertz CT molecular complexity index is 476. The van der Waals surface area contributed by atoms with E-state index in [1.54, 1.807) is 7.11 Å². The predicted octanol–water partition coefficient (Wildman–Crippen LogP) is 3.90. The largest absolute Gasteiger partial charge is 0.496 e. The Morgan fingerprint density at radius 2 is 2.25 bits per heavy atom. The van der Waals surface area contributed by atoms with Crippen LogP contribution in [0.25, 0.3) is 0 Å². The SMILES string of the molecule is CCC1CCCCN1CC(=O)c1ccc(OC)c(Br)c1. The molecule has 0 aliphatic carbocycles. The minimum atomic E-state index is 0.189. The Morgan fingerprint density at radius 1 is 1.45 bits per heavy atom. The van der Waals surface area contributed by atoms with Gasteiger partial charge in [0.15, 0.2) is 5.78 Å². The fourth-order valence-corrected chi connectivity index (χ4v) is 3.39. The van der Waals surface area contributed by atoms with Gasteiger partial charge in [-0.25, -0.2) is 0 Å². The summed E-state index contributed by atoms with van der Waals surface area (Å²) in [5, 5.41) is 0. The second-order valence-corrected chi connectivity index (χ2v) is 6.16. The van der Waals surface area contributed by atoms with Crippen LogP contribution < -0.4 is 4.74 Å². The second-order valence-electron chi connectivity index (χ2n) is 5.30. The van der Waals surface area contributed by atoms with E-state index in [1.807, 2.05) is 18.2 Å². The molecule has 4 heteroatoms. The first-order valence-electron chi connectivity index (χ1n) is 7.26. The summed E-state index contributed by atoms with van der Waals surface area (Å²) in [5.41, 5.74) is 0.748. The summed E-state index contributed by atoms with van der Waals surface area (Å²) in [5.74, 6) is 0.944. The molecule has 0 aromatic heterocycles. The van der Waals surface area contributed by atoms with Crippen molar-refractivity contribution in [3.8, 4) is 5.75 Å². The molecule has 0 amide bonds. The Labute approximate surface area is 129 Å². The quantitative estimate of drug-likeness (QED) is 0.762. The standard InChI is InChI=1S/C16H22BrNO2/c1-3-13-6-4-5-9-18(13)11-15(19)12-7-8-16(20-2)14(17)10-12/h7-8,10,13H,3-6,9,11H2,1-2H3. The predicted molar refractivity (Wildman–Crippen MR) is 84.5 cm³/mol. The number of ketones is 1. The van der Waals surface area contributed by atoms with Crippen molar-refractivity contribution in [3.63, 3.8) is 0 Å². The van der Waals surface area contributed by atoms with Crippen LogP contribution in [0.4, 0.5) is 0 Å². The van der Waals surface area contributed by atoms with Gasteiger partial charge in [-0.05, 0) is 59.9 Å². The molecule has 20 heavy (non-hydrogen) atoms. The summed E-state index contributed by atoms with van der Waals surface area (Å²) in [4.78, 5) is 14.8. The molecule has 1 atom stereocenters. The van der Waals surface area contributed by atoms with E-state index >= 15 is 0 Å². The van der Waals surface area contributed by atoms with E-state index in [0.29, 0.717) is 12.6 Å². The number of likely N-dealkylation sites (tertiary alicyclic amines) is 1. The second kappa shape index (κ2) is 7.23. The van der Waals surface area contributed by atoms with E-state index in [2.05, 4.69) is 27.8 Å². The number of nitrogens with zero attached hydrogens (tertiary/aromatic N) is 1. The van der Waals surface area contributed by atoms with Crippen molar-refractivity contribution in [2.45, 2.75) is 38.6 Å². The van der Waals surface area contributed by atoms with Crippen molar-refractivity contribution >= 4 is 21.7 Å². The van der Waals surface area contributed by atoms with Gasteiger partial charge >= 0.3 is 0 Å². The molecule has 1 fully saturated rings. The lowest BCUT2D eigenvalue weighted by molar-refractivity contribution is 0.0838. The van der Waals surface area contributed by atoms with Gasteiger partial charge in [0, 0.05) is 11.6 Å². The Balaban J connectivity index is 2.05. The van der Waals surface area contributed by atoms with Gasteiger partial charge < -0.3 is 4.74 Å². The number of Topliss-reactive ketones (excluding diaryl/α,β-unsaturated/α-hetero) is 1. The zero-order valence-corrected chi connectivity index (χ0v) is 13.8. The smallest absolute Gasteiger partial charge is 0.176 e. The van der Waals surface area contributed by atoms with Crippen molar-refractivity contribution in [2.24, 2.45) is 0 Å². The number of ether oxygens (including phenoxy) is 1. The van der Waals surface area contributed by atoms with Crippen LogP contribution in [0.5, 0.6) is 5.75 Å². The molecule has 1 aromatic rings. The number of rotatable bonds is 5. The third kappa shape index (κ3) is 3.61. The highest BCUT2D eigenvalue weighted by Crippen LogP contribution is 2.26. The number of halogens is 1. The number of carbonyl (C=O) groups excluding carboxylic acids is 1. The van der Waals surface area contributed by atoms with E-state index < -0.39 is 0 Å². The summed E-state index contributed by atoms with van der Waals surface area (Å²) in [6.45, 7) is 3.77. The minimum Gasteiger partial charge on any atom is -0.496 e. The van der Waals surface area contributed by atoms with E-state index in [9.17, 15) is 4.79 Å². The first-order valence-corrected chi connectivity index (χ1v) is 8.05. The van der Waals surface area contributed by atoms with Gasteiger partial charge in [-0.1, -0.05) is 13.3 Å². The van der Waals surface area contributed by atoms with Crippen LogP contribution >= 0.6 is 15.9 Å². The van der Waals surface area contributed by atoms with E-state index in [4.69, 9.17) is 4.74 Å². The highest BCUT2D eigenvalue weighted by atomic mass is 79.9. The monoisotopic (exact) mass is 339 g/mol. The fraction of sp³-hybridized carbons (Fsp3) is 0.562. The highest BCUT2D eigenvalue weighted by Gasteiger charge is 2.23. The molecule has 3 nitrogen and oxygen atoms in total. The molecule has 1 saturated heterocycles. The third-order valence-electron chi connectivity index (χ3n) is 4.04. The van der Waals surface area contributed by atoms with Crippen LogP contribution in [0.15, 0.2) is 22.7 Å². The van der Waals surface area contributed by atoms with Crippen molar-refractivity contribution in [1.29, 1.82) is 0 Å². The number of carbonyl (C=O) groups is 1. The molecule has 0 saturated carbocycles. The third-order valence-corrected chi connectivity index (χ3v) is 4.66. The summed E-state index contributed by atoms with van der Waals surface area (Å²) in [6.07, 6.45) is 4.84. The number of piperidine rings is 1. The molecule has 1 aliphatic heterocycles. The maximum absolute atomic E-state index is 12.4. The lowest BCUT2D eigenvalue weighted by Crippen LogP contribution is -2.42. The van der Waals surface area contributed by atoms with Crippen LogP contribution in [0.3, 0.4) is 0 Å². The maximum atomic E-state index is 12.4. The van der Waals surface area contributed by atoms with Gasteiger partial charge in [0.1, 0.15) is 5.75 Å². The molecule has 1 aliphatic rings. The highest BCUT2D eigenvalue weighted by molar-refractivity contribution is 9.10. The summed E-state index contributed by atoms with van der Waals surface area (Å²) in [6, 6.07) is 6.10. The van der Waals surface area contributed by atoms with Gasteiger partial charge in [-0.15, -0.1) is 0 Å². The lowest BCUT2D eigenvalue weighted by Gasteiger charge is -2.34. The Hall–Kier alpha value is -0.870. The molecule has 1 unspecified atom stereocenters. The van der Waals surface area contributed by atoms with Crippen LogP contribution in [0.2, 0.25) is 0 Å². The molecule has 0 N–H and O–H groups in total. The molecular formula is C16H22BrNO2. The van der Waals surface area contributed by atoms with Gasteiger partial charge in [-0.2, -0.15) is 0 Å². The Kier molecular flexibility index (Phi) is 5.61. The maximum Gasteiger partial charge on any atom is 0.176 e. The summed E-state index contributed by atoms with van der Waals surface area (Å²) in [7, 11) is 1.63. The zero-order valence-electron chi connectivity index (χ0n) is 12.2. The topological polar surface area (TPSA) is 29.5 Å². The minimum absolute atomic E-state index is 0.189.